The Morgan fingerprint density at radius 1 is 1.38 bits per heavy atom. The fourth-order valence-electron chi connectivity index (χ4n) is 1.45. The highest BCUT2D eigenvalue weighted by Gasteiger charge is 2.11. The monoisotopic (exact) mass is 219 g/mol. The fraction of sp³-hybridized carbons (Fsp3) is 0.0909. The van der Waals surface area contributed by atoms with Gasteiger partial charge in [0.2, 0.25) is 0 Å². The van der Waals surface area contributed by atoms with Gasteiger partial charge in [0.1, 0.15) is 11.5 Å². The fourth-order valence-corrected chi connectivity index (χ4v) is 1.45. The smallest absolute Gasteiger partial charge is 0.267 e. The van der Waals surface area contributed by atoms with Gasteiger partial charge in [-0.25, -0.2) is 9.07 Å². The van der Waals surface area contributed by atoms with Crippen molar-refractivity contribution in [3.63, 3.8) is 0 Å². The summed E-state index contributed by atoms with van der Waals surface area (Å²) in [5.41, 5.74) is 6.78. The third kappa shape index (κ3) is 1.79. The average Bonchev–Trinajstić information content (AvgIpc) is 2.61. The molecule has 2 rings (SSSR count). The summed E-state index contributed by atoms with van der Waals surface area (Å²) in [4.78, 5) is 11.2. The molecule has 0 aliphatic carbocycles. The summed E-state index contributed by atoms with van der Waals surface area (Å²) >= 11 is 0. The zero-order chi connectivity index (χ0) is 11.7. The van der Waals surface area contributed by atoms with Crippen LogP contribution >= 0.6 is 0 Å². The first-order chi connectivity index (χ1) is 7.58. The van der Waals surface area contributed by atoms with Gasteiger partial charge in [-0.05, 0) is 37.3 Å². The van der Waals surface area contributed by atoms with E-state index >= 15 is 0 Å². The predicted octanol–water partition coefficient (Wildman–Crippen LogP) is 1.42. The summed E-state index contributed by atoms with van der Waals surface area (Å²) in [6.45, 7) is 1.76. The van der Waals surface area contributed by atoms with Crippen LogP contribution in [0.5, 0.6) is 0 Å². The van der Waals surface area contributed by atoms with E-state index in [1.165, 1.54) is 28.9 Å². The van der Waals surface area contributed by atoms with Crippen molar-refractivity contribution in [3.05, 3.63) is 47.5 Å². The Morgan fingerprint density at radius 3 is 2.56 bits per heavy atom. The number of halogens is 1. The van der Waals surface area contributed by atoms with Gasteiger partial charge in [0.15, 0.2) is 0 Å². The van der Waals surface area contributed by atoms with Crippen molar-refractivity contribution < 1.29 is 9.18 Å². The highest BCUT2D eigenvalue weighted by molar-refractivity contribution is 5.91. The second kappa shape index (κ2) is 3.77. The Kier molecular flexibility index (Phi) is 2.44. The van der Waals surface area contributed by atoms with Crippen LogP contribution in [-0.2, 0) is 0 Å². The van der Waals surface area contributed by atoms with Crippen molar-refractivity contribution >= 4 is 5.91 Å². The Labute approximate surface area is 91.5 Å². The number of primary amides is 1. The van der Waals surface area contributed by atoms with E-state index < -0.39 is 5.91 Å². The molecule has 2 N–H and O–H groups in total. The Morgan fingerprint density at radius 2 is 2.00 bits per heavy atom. The number of carbonyl (C=O) groups excluding carboxylic acids is 1. The van der Waals surface area contributed by atoms with Crippen LogP contribution in [0.2, 0.25) is 0 Å². The summed E-state index contributed by atoms with van der Waals surface area (Å²) in [6.07, 6.45) is 0. The van der Waals surface area contributed by atoms with Crippen LogP contribution in [0.25, 0.3) is 5.69 Å². The van der Waals surface area contributed by atoms with Crippen LogP contribution in [0.15, 0.2) is 30.3 Å². The highest BCUT2D eigenvalue weighted by Crippen LogP contribution is 2.12. The maximum Gasteiger partial charge on any atom is 0.267 e. The molecule has 82 valence electrons. The molecule has 0 aliphatic heterocycles. The van der Waals surface area contributed by atoms with E-state index in [4.69, 9.17) is 5.73 Å². The lowest BCUT2D eigenvalue weighted by Crippen LogP contribution is -2.16. The molecule has 0 atom stereocenters. The number of rotatable bonds is 2. The number of hydrogen-bond donors (Lipinski definition) is 1. The largest absolute Gasteiger partial charge is 0.364 e. The second-order valence-electron chi connectivity index (χ2n) is 3.42. The van der Waals surface area contributed by atoms with Gasteiger partial charge in [0, 0.05) is 0 Å². The van der Waals surface area contributed by atoms with Crippen molar-refractivity contribution in [2.45, 2.75) is 6.92 Å². The number of aryl methyl sites for hydroxylation is 1. The van der Waals surface area contributed by atoms with Gasteiger partial charge < -0.3 is 5.73 Å². The van der Waals surface area contributed by atoms with Gasteiger partial charge in [0.25, 0.3) is 5.91 Å². The number of benzene rings is 1. The lowest BCUT2D eigenvalue weighted by atomic mass is 10.3. The molecule has 0 saturated carbocycles. The first kappa shape index (κ1) is 10.4. The maximum absolute atomic E-state index is 12.7. The van der Waals surface area contributed by atoms with E-state index in [-0.39, 0.29) is 11.5 Å². The molecule has 1 aromatic carbocycles. The summed E-state index contributed by atoms with van der Waals surface area (Å²) in [5, 5.41) is 4.13. The standard InChI is InChI=1S/C11H10FN3O/c1-7-6-10(11(13)16)15(14-7)9-4-2-8(12)3-5-9/h2-6H,1H3,(H2,13,16). The third-order valence-corrected chi connectivity index (χ3v) is 2.16. The Hall–Kier alpha value is -2.17. The Bertz CT molecular complexity index is 531. The van der Waals surface area contributed by atoms with E-state index in [0.29, 0.717) is 11.4 Å². The molecule has 1 heterocycles. The van der Waals surface area contributed by atoms with Gasteiger partial charge >= 0.3 is 0 Å². The minimum atomic E-state index is -0.565. The molecule has 2 aromatic rings. The molecule has 1 amide bonds. The summed E-state index contributed by atoms with van der Waals surface area (Å²) < 4.78 is 14.1. The molecule has 0 spiro atoms. The second-order valence-corrected chi connectivity index (χ2v) is 3.42. The molecule has 0 aliphatic rings. The van der Waals surface area contributed by atoms with Gasteiger partial charge in [-0.15, -0.1) is 0 Å². The molecular formula is C11H10FN3O. The van der Waals surface area contributed by atoms with Gasteiger partial charge in [-0.2, -0.15) is 5.10 Å². The molecule has 16 heavy (non-hydrogen) atoms. The number of carbonyl (C=O) groups is 1. The molecule has 0 radical (unpaired) electrons. The lowest BCUT2D eigenvalue weighted by Gasteiger charge is -2.04. The van der Waals surface area contributed by atoms with Crippen LogP contribution < -0.4 is 5.73 Å². The zero-order valence-corrected chi connectivity index (χ0v) is 8.64. The maximum atomic E-state index is 12.7. The van der Waals surface area contributed by atoms with Crippen LogP contribution in [-0.4, -0.2) is 15.7 Å². The first-order valence-electron chi connectivity index (χ1n) is 4.70. The molecule has 0 bridgehead atoms. The lowest BCUT2D eigenvalue weighted by molar-refractivity contribution is 0.0993. The van der Waals surface area contributed by atoms with Crippen molar-refractivity contribution in [2.75, 3.05) is 0 Å². The quantitative estimate of drug-likeness (QED) is 0.830. The van der Waals surface area contributed by atoms with Crippen LogP contribution in [0, 0.1) is 12.7 Å². The first-order valence-corrected chi connectivity index (χ1v) is 4.70. The van der Waals surface area contributed by atoms with E-state index in [2.05, 4.69) is 5.10 Å². The van der Waals surface area contributed by atoms with E-state index in [0.717, 1.165) is 0 Å². The zero-order valence-electron chi connectivity index (χ0n) is 8.64. The van der Waals surface area contributed by atoms with Crippen molar-refractivity contribution in [1.29, 1.82) is 0 Å². The molecule has 4 nitrogen and oxygen atoms in total. The number of nitrogens with two attached hydrogens (primary N) is 1. The topological polar surface area (TPSA) is 60.9 Å². The summed E-state index contributed by atoms with van der Waals surface area (Å²) in [7, 11) is 0. The van der Waals surface area contributed by atoms with Crippen molar-refractivity contribution in [3.8, 4) is 5.69 Å². The van der Waals surface area contributed by atoms with Crippen LogP contribution in [0.1, 0.15) is 16.2 Å². The highest BCUT2D eigenvalue weighted by atomic mass is 19.1. The summed E-state index contributed by atoms with van der Waals surface area (Å²) in [5.74, 6) is -0.904. The molecule has 5 heteroatoms. The summed E-state index contributed by atoms with van der Waals surface area (Å²) in [6, 6.07) is 7.27. The molecule has 0 saturated heterocycles. The SMILES string of the molecule is Cc1cc(C(N)=O)n(-c2ccc(F)cc2)n1. The minimum Gasteiger partial charge on any atom is -0.364 e. The molecule has 0 unspecified atom stereocenters. The minimum absolute atomic E-state index is 0.282. The number of hydrogen-bond acceptors (Lipinski definition) is 2. The van der Waals surface area contributed by atoms with Crippen molar-refractivity contribution in [1.82, 2.24) is 9.78 Å². The van der Waals surface area contributed by atoms with Crippen molar-refractivity contribution in [2.24, 2.45) is 5.73 Å². The van der Waals surface area contributed by atoms with E-state index in [1.807, 2.05) is 0 Å². The number of aromatic nitrogens is 2. The van der Waals surface area contributed by atoms with Gasteiger partial charge in [-0.3, -0.25) is 4.79 Å². The molecule has 0 fully saturated rings. The van der Waals surface area contributed by atoms with E-state index in [1.54, 1.807) is 13.0 Å². The molecule has 1 aromatic heterocycles. The average molecular weight is 219 g/mol. The predicted molar refractivity (Wildman–Crippen MR) is 56.8 cm³/mol. The molecular weight excluding hydrogens is 209 g/mol. The van der Waals surface area contributed by atoms with Crippen LogP contribution in [0.3, 0.4) is 0 Å². The third-order valence-electron chi connectivity index (χ3n) is 2.16. The van der Waals surface area contributed by atoms with Gasteiger partial charge in [0.05, 0.1) is 11.4 Å². The Balaban J connectivity index is 2.55. The van der Waals surface area contributed by atoms with Gasteiger partial charge in [-0.1, -0.05) is 0 Å². The normalized spacial score (nSPS) is 10.4. The van der Waals surface area contributed by atoms with E-state index in [9.17, 15) is 9.18 Å². The number of nitrogens with zero attached hydrogens (tertiary/aromatic N) is 2. The number of amides is 1. The van der Waals surface area contributed by atoms with Crippen LogP contribution in [0.4, 0.5) is 4.39 Å².